The lowest BCUT2D eigenvalue weighted by Crippen LogP contribution is -2.13. The molecule has 3 rings (SSSR count). The molecule has 5 heteroatoms. The number of rotatable bonds is 13. The third kappa shape index (κ3) is 8.35. The molecule has 0 radical (unpaired) electrons. The van der Waals surface area contributed by atoms with E-state index in [0.29, 0.717) is 32.7 Å². The van der Waals surface area contributed by atoms with Crippen molar-refractivity contribution in [3.8, 4) is 11.5 Å². The van der Waals surface area contributed by atoms with Crippen LogP contribution in [0.15, 0.2) is 72.3 Å². The summed E-state index contributed by atoms with van der Waals surface area (Å²) in [6, 6.07) is 16.0. The van der Waals surface area contributed by atoms with E-state index in [4.69, 9.17) is 18.9 Å². The van der Waals surface area contributed by atoms with Crippen LogP contribution in [0.3, 0.4) is 0 Å². The Hall–Kier alpha value is -2.60. The number of aliphatic hydroxyl groups is 1. The predicted octanol–water partition coefficient (Wildman–Crippen LogP) is 5.61. The molecular formula is C28H36O5. The number of allylic oxidation sites excluding steroid dienone is 2. The van der Waals surface area contributed by atoms with E-state index in [9.17, 15) is 5.11 Å². The molecular weight excluding hydrogens is 416 g/mol. The second-order valence-corrected chi connectivity index (χ2v) is 8.43. The Morgan fingerprint density at radius 2 is 1.91 bits per heavy atom. The summed E-state index contributed by atoms with van der Waals surface area (Å²) >= 11 is 0. The van der Waals surface area contributed by atoms with Crippen LogP contribution >= 0.6 is 0 Å². The van der Waals surface area contributed by atoms with Gasteiger partial charge in [0.1, 0.15) is 18.1 Å². The first-order valence-corrected chi connectivity index (χ1v) is 11.6. The summed E-state index contributed by atoms with van der Waals surface area (Å²) in [6.45, 7) is 7.97. The predicted molar refractivity (Wildman–Crippen MR) is 131 cm³/mol. The number of ether oxygens (including phenoxy) is 4. The van der Waals surface area contributed by atoms with Crippen LogP contribution in [-0.4, -0.2) is 37.8 Å². The van der Waals surface area contributed by atoms with Crippen LogP contribution in [0.2, 0.25) is 0 Å². The van der Waals surface area contributed by atoms with Gasteiger partial charge in [-0.1, -0.05) is 48.6 Å². The van der Waals surface area contributed by atoms with E-state index in [2.05, 4.69) is 31.7 Å². The molecule has 1 N–H and O–H groups in total. The van der Waals surface area contributed by atoms with Gasteiger partial charge in [0, 0.05) is 12.0 Å². The number of aliphatic hydroxyl groups excluding tert-OH is 1. The highest BCUT2D eigenvalue weighted by atomic mass is 16.7. The lowest BCUT2D eigenvalue weighted by molar-refractivity contribution is -0.0468. The Bertz CT molecular complexity index is 900. The van der Waals surface area contributed by atoms with Crippen molar-refractivity contribution in [2.75, 3.05) is 20.3 Å². The Balaban J connectivity index is 1.48. The second-order valence-electron chi connectivity index (χ2n) is 8.43. The Morgan fingerprint density at radius 3 is 2.64 bits per heavy atom. The maximum atomic E-state index is 10.5. The van der Waals surface area contributed by atoms with E-state index in [1.807, 2.05) is 36.4 Å². The van der Waals surface area contributed by atoms with E-state index < -0.39 is 6.10 Å². The van der Waals surface area contributed by atoms with Crippen LogP contribution in [0.1, 0.15) is 43.7 Å². The Labute approximate surface area is 197 Å². The summed E-state index contributed by atoms with van der Waals surface area (Å²) < 4.78 is 22.4. The van der Waals surface area contributed by atoms with E-state index in [-0.39, 0.29) is 6.29 Å². The van der Waals surface area contributed by atoms with E-state index in [1.165, 1.54) is 5.57 Å². The van der Waals surface area contributed by atoms with Gasteiger partial charge in [-0.15, -0.1) is 0 Å². The number of methoxy groups -OCH3 is 1. The fraction of sp³-hybridized carbons (Fsp3) is 0.429. The van der Waals surface area contributed by atoms with Crippen molar-refractivity contribution < 1.29 is 24.1 Å². The largest absolute Gasteiger partial charge is 0.496 e. The highest BCUT2D eigenvalue weighted by molar-refractivity contribution is 5.41. The zero-order chi connectivity index (χ0) is 23.5. The molecule has 1 saturated heterocycles. The molecule has 2 aromatic rings. The molecule has 0 amide bonds. The molecule has 5 nitrogen and oxygen atoms in total. The normalized spacial score (nSPS) is 15.4. The standard InChI is InChI=1S/C28H36O5/c1-21(10-14-26(29)22(2)11-16-28-31-17-18-32-28)9-12-24-19-25(13-15-27(24)30-3)33-20-23-7-5-4-6-8-23/h4-9,13,15,19,26,28-29H,2,10-12,14,16-18,20H2,1,3H3/b21-9+. The van der Waals surface area contributed by atoms with Gasteiger partial charge >= 0.3 is 0 Å². The first kappa shape index (κ1) is 25.0. The molecule has 0 saturated carbocycles. The summed E-state index contributed by atoms with van der Waals surface area (Å²) in [5.41, 5.74) is 4.27. The van der Waals surface area contributed by atoms with Crippen molar-refractivity contribution in [3.63, 3.8) is 0 Å². The van der Waals surface area contributed by atoms with Gasteiger partial charge in [0.15, 0.2) is 6.29 Å². The summed E-state index contributed by atoms with van der Waals surface area (Å²) in [5, 5.41) is 10.5. The molecule has 1 unspecified atom stereocenters. The lowest BCUT2D eigenvalue weighted by atomic mass is 9.98. The Kier molecular flexibility index (Phi) is 10.0. The number of hydrogen-bond acceptors (Lipinski definition) is 5. The van der Waals surface area contributed by atoms with Crippen molar-refractivity contribution in [3.05, 3.63) is 83.5 Å². The molecule has 0 spiro atoms. The molecule has 2 aromatic carbocycles. The summed E-state index contributed by atoms with van der Waals surface area (Å²) in [7, 11) is 1.68. The fourth-order valence-corrected chi connectivity index (χ4v) is 3.74. The van der Waals surface area contributed by atoms with Crippen molar-refractivity contribution in [2.45, 2.75) is 58.0 Å². The van der Waals surface area contributed by atoms with Crippen molar-refractivity contribution in [1.29, 1.82) is 0 Å². The molecule has 1 aliphatic rings. The maximum Gasteiger partial charge on any atom is 0.158 e. The minimum atomic E-state index is -0.515. The Morgan fingerprint density at radius 1 is 1.15 bits per heavy atom. The average molecular weight is 453 g/mol. The van der Waals surface area contributed by atoms with Crippen LogP contribution < -0.4 is 9.47 Å². The van der Waals surface area contributed by atoms with Crippen LogP contribution in [0, 0.1) is 0 Å². The third-order valence-electron chi connectivity index (χ3n) is 5.85. The third-order valence-corrected chi connectivity index (χ3v) is 5.85. The van der Waals surface area contributed by atoms with Crippen molar-refractivity contribution in [1.82, 2.24) is 0 Å². The topological polar surface area (TPSA) is 57.2 Å². The van der Waals surface area contributed by atoms with Gasteiger partial charge in [-0.2, -0.15) is 0 Å². The highest BCUT2D eigenvalue weighted by Crippen LogP contribution is 2.26. The quantitative estimate of drug-likeness (QED) is 0.400. The van der Waals surface area contributed by atoms with E-state index >= 15 is 0 Å². The van der Waals surface area contributed by atoms with E-state index in [1.54, 1.807) is 7.11 Å². The van der Waals surface area contributed by atoms with Gasteiger partial charge < -0.3 is 24.1 Å². The second kappa shape index (κ2) is 13.2. The van der Waals surface area contributed by atoms with Crippen molar-refractivity contribution in [2.24, 2.45) is 0 Å². The van der Waals surface area contributed by atoms with Gasteiger partial charge in [0.2, 0.25) is 0 Å². The van der Waals surface area contributed by atoms with Crippen LogP contribution in [0.5, 0.6) is 11.5 Å². The zero-order valence-corrected chi connectivity index (χ0v) is 19.8. The molecule has 1 aliphatic heterocycles. The van der Waals surface area contributed by atoms with Crippen LogP contribution in [0.25, 0.3) is 0 Å². The minimum absolute atomic E-state index is 0.155. The highest BCUT2D eigenvalue weighted by Gasteiger charge is 2.17. The first-order valence-electron chi connectivity index (χ1n) is 11.6. The van der Waals surface area contributed by atoms with Gasteiger partial charge in [-0.05, 0) is 61.9 Å². The van der Waals surface area contributed by atoms with Crippen molar-refractivity contribution >= 4 is 0 Å². The van der Waals surface area contributed by atoms with Crippen LogP contribution in [-0.2, 0) is 22.5 Å². The monoisotopic (exact) mass is 452 g/mol. The van der Waals surface area contributed by atoms with Gasteiger partial charge in [-0.3, -0.25) is 0 Å². The first-order chi connectivity index (χ1) is 16.0. The average Bonchev–Trinajstić information content (AvgIpc) is 3.37. The summed E-state index contributed by atoms with van der Waals surface area (Å²) in [5.74, 6) is 1.67. The summed E-state index contributed by atoms with van der Waals surface area (Å²) in [4.78, 5) is 0. The minimum Gasteiger partial charge on any atom is -0.496 e. The summed E-state index contributed by atoms with van der Waals surface area (Å²) in [6.07, 6.45) is 5.18. The SMILES string of the molecule is C=C(CCC1OCCO1)C(O)CC/C(C)=C/Cc1cc(OCc2ccccc2)ccc1OC. The van der Waals surface area contributed by atoms with Gasteiger partial charge in [0.25, 0.3) is 0 Å². The smallest absolute Gasteiger partial charge is 0.158 e. The molecule has 1 atom stereocenters. The number of benzene rings is 2. The zero-order valence-electron chi connectivity index (χ0n) is 19.8. The molecule has 0 aliphatic carbocycles. The van der Waals surface area contributed by atoms with Gasteiger partial charge in [-0.25, -0.2) is 0 Å². The molecule has 178 valence electrons. The van der Waals surface area contributed by atoms with E-state index in [0.717, 1.165) is 47.5 Å². The van der Waals surface area contributed by atoms with Crippen LogP contribution in [0.4, 0.5) is 0 Å². The number of hydrogen-bond donors (Lipinski definition) is 1. The molecule has 1 heterocycles. The maximum absolute atomic E-state index is 10.5. The molecule has 33 heavy (non-hydrogen) atoms. The molecule has 1 fully saturated rings. The molecule has 0 aromatic heterocycles. The fourth-order valence-electron chi connectivity index (χ4n) is 3.74. The van der Waals surface area contributed by atoms with Gasteiger partial charge in [0.05, 0.1) is 26.4 Å². The lowest BCUT2D eigenvalue weighted by Gasteiger charge is -2.16. The molecule has 0 bridgehead atoms.